The van der Waals surface area contributed by atoms with Crippen molar-refractivity contribution in [1.82, 2.24) is 0 Å². The summed E-state index contributed by atoms with van der Waals surface area (Å²) >= 11 is 0. The molecule has 0 radical (unpaired) electrons. The van der Waals surface area contributed by atoms with Crippen molar-refractivity contribution in [2.45, 2.75) is 51.4 Å². The molecule has 0 spiro atoms. The van der Waals surface area contributed by atoms with Crippen LogP contribution in [-0.4, -0.2) is 0 Å². The summed E-state index contributed by atoms with van der Waals surface area (Å²) in [6, 6.07) is 48.5. The maximum absolute atomic E-state index is 9.99. The van der Waals surface area contributed by atoms with E-state index in [0.717, 1.165) is 23.2 Å². The number of para-hydroxylation sites is 2. The molecular formula is C45H39N3. The summed E-state index contributed by atoms with van der Waals surface area (Å²) in [7, 11) is 0. The molecule has 0 saturated heterocycles. The first-order valence-electron chi connectivity index (χ1n) is 16.8. The molecule has 0 atom stereocenters. The number of aryl methyl sites for hydroxylation is 1. The average Bonchev–Trinajstić information content (AvgIpc) is 3.12. The number of rotatable bonds is 1. The third-order valence-electron chi connectivity index (χ3n) is 10.9. The van der Waals surface area contributed by atoms with E-state index in [1.807, 2.05) is 6.07 Å². The highest BCUT2D eigenvalue weighted by atomic mass is 15.2. The van der Waals surface area contributed by atoms with Gasteiger partial charge in [0.05, 0.1) is 22.6 Å². The molecule has 0 saturated carbocycles. The van der Waals surface area contributed by atoms with Gasteiger partial charge in [-0.2, -0.15) is 5.26 Å². The molecule has 1 aliphatic carbocycles. The van der Waals surface area contributed by atoms with Gasteiger partial charge in [-0.25, -0.2) is 0 Å². The molecule has 2 N–H and O–H groups in total. The third kappa shape index (κ3) is 4.40. The summed E-state index contributed by atoms with van der Waals surface area (Å²) in [6.45, 7) is 9.30. The molecule has 8 rings (SSSR count). The largest absolute Gasteiger partial charge is 0.397 e. The summed E-state index contributed by atoms with van der Waals surface area (Å²) < 4.78 is 0. The molecule has 3 nitrogen and oxygen atoms in total. The van der Waals surface area contributed by atoms with Crippen molar-refractivity contribution in [2.24, 2.45) is 0 Å². The zero-order valence-corrected chi connectivity index (χ0v) is 28.0. The van der Waals surface area contributed by atoms with Crippen molar-refractivity contribution in [3.63, 3.8) is 0 Å². The van der Waals surface area contributed by atoms with Crippen molar-refractivity contribution >= 4 is 22.7 Å². The average molecular weight is 622 g/mol. The van der Waals surface area contributed by atoms with Gasteiger partial charge in [0.25, 0.3) is 0 Å². The van der Waals surface area contributed by atoms with Crippen molar-refractivity contribution in [3.05, 3.63) is 166 Å². The molecule has 6 aromatic rings. The van der Waals surface area contributed by atoms with Gasteiger partial charge in [-0.3, -0.25) is 0 Å². The SMILES string of the molecule is CC1(C)c2ccccc2-c2ccc(N3c4ccccc4C(C)(C)c4ccccc43)cc2CCc2c(ccc(C#N)c2N)-c2ccccc21. The van der Waals surface area contributed by atoms with Gasteiger partial charge in [0, 0.05) is 16.5 Å². The Balaban J connectivity index is 1.39. The Morgan fingerprint density at radius 2 is 1.06 bits per heavy atom. The lowest BCUT2D eigenvalue weighted by molar-refractivity contribution is 0.632. The lowest BCUT2D eigenvalue weighted by Crippen LogP contribution is -2.30. The lowest BCUT2D eigenvalue weighted by atomic mass is 9.72. The third-order valence-corrected chi connectivity index (χ3v) is 10.9. The standard InChI is InChI=1S/C45H39N3/c1-44(2)37-15-7-5-13-34(37)32-26-23-31(48-41-19-11-9-17-39(41)45(3,4)40-18-10-12-20-42(40)48)27-29(32)21-25-36-33(24-22-30(28-46)43(36)47)35-14-6-8-16-38(35)44/h5-20,22-24,26-27H,21,25,47H2,1-4H3. The number of nitrogens with two attached hydrogens (primary N) is 1. The quantitative estimate of drug-likeness (QED) is 0.186. The van der Waals surface area contributed by atoms with E-state index in [1.165, 1.54) is 55.9 Å². The first kappa shape index (κ1) is 29.8. The normalized spacial score (nSPS) is 15.3. The lowest BCUT2D eigenvalue weighted by Gasteiger charge is -2.42. The second-order valence-corrected chi connectivity index (χ2v) is 14.2. The Labute approximate surface area is 283 Å². The van der Waals surface area contributed by atoms with E-state index in [9.17, 15) is 5.26 Å². The molecule has 0 unspecified atom stereocenters. The van der Waals surface area contributed by atoms with Gasteiger partial charge in [-0.1, -0.05) is 125 Å². The van der Waals surface area contributed by atoms with Gasteiger partial charge in [0.1, 0.15) is 6.07 Å². The molecular weight excluding hydrogens is 583 g/mol. The summed E-state index contributed by atoms with van der Waals surface area (Å²) in [6.07, 6.45) is 1.49. The van der Waals surface area contributed by atoms with Crippen molar-refractivity contribution in [2.75, 3.05) is 10.6 Å². The smallest absolute Gasteiger partial charge is 0.101 e. The first-order chi connectivity index (χ1) is 23.2. The highest BCUT2D eigenvalue weighted by Gasteiger charge is 2.37. The summed E-state index contributed by atoms with van der Waals surface area (Å²) in [4.78, 5) is 2.43. The zero-order valence-electron chi connectivity index (χ0n) is 28.0. The van der Waals surface area contributed by atoms with E-state index < -0.39 is 0 Å². The Hall–Kier alpha value is -5.59. The minimum absolute atomic E-state index is 0.124. The number of anilines is 4. The molecule has 0 fully saturated rings. The maximum Gasteiger partial charge on any atom is 0.101 e. The van der Waals surface area contributed by atoms with Crippen LogP contribution in [-0.2, 0) is 23.7 Å². The number of benzene rings is 6. The molecule has 48 heavy (non-hydrogen) atoms. The van der Waals surface area contributed by atoms with Crippen molar-refractivity contribution < 1.29 is 0 Å². The number of nitrogens with zero attached hydrogens (tertiary/aromatic N) is 2. The van der Waals surface area contributed by atoms with Crippen LogP contribution in [0.25, 0.3) is 22.3 Å². The number of hydrogen-bond donors (Lipinski definition) is 1. The number of hydrogen-bond acceptors (Lipinski definition) is 3. The van der Waals surface area contributed by atoms with Gasteiger partial charge < -0.3 is 10.6 Å². The van der Waals surface area contributed by atoms with E-state index >= 15 is 0 Å². The van der Waals surface area contributed by atoms with Gasteiger partial charge in [-0.05, 0) is 98.8 Å². The summed E-state index contributed by atoms with van der Waals surface area (Å²) in [5.74, 6) is 0. The fraction of sp³-hybridized carbons (Fsp3) is 0.178. The predicted octanol–water partition coefficient (Wildman–Crippen LogP) is 11.0. The fourth-order valence-electron chi connectivity index (χ4n) is 8.35. The van der Waals surface area contributed by atoms with Crippen LogP contribution in [0, 0.1) is 11.3 Å². The Bertz CT molecular complexity index is 2230. The molecule has 0 bridgehead atoms. The van der Waals surface area contributed by atoms with Crippen molar-refractivity contribution in [1.29, 1.82) is 5.26 Å². The van der Waals surface area contributed by atoms with Crippen LogP contribution >= 0.6 is 0 Å². The van der Waals surface area contributed by atoms with E-state index in [1.54, 1.807) is 0 Å². The Morgan fingerprint density at radius 1 is 0.562 bits per heavy atom. The second kappa shape index (κ2) is 11.0. The Morgan fingerprint density at radius 3 is 1.67 bits per heavy atom. The van der Waals surface area contributed by atoms with Crippen LogP contribution in [0.4, 0.5) is 22.7 Å². The number of nitrogen functional groups attached to an aromatic ring is 1. The van der Waals surface area contributed by atoms with E-state index in [2.05, 4.69) is 160 Å². The van der Waals surface area contributed by atoms with E-state index in [0.29, 0.717) is 17.7 Å². The molecule has 3 heteroatoms. The Kier molecular flexibility index (Phi) is 6.83. The van der Waals surface area contributed by atoms with Crippen LogP contribution < -0.4 is 10.6 Å². The number of fused-ring (bicyclic) bond motifs is 8. The molecule has 6 aromatic carbocycles. The summed E-state index contributed by atoms with van der Waals surface area (Å²) in [5.41, 5.74) is 23.3. The fourth-order valence-corrected chi connectivity index (χ4v) is 8.35. The maximum atomic E-state index is 9.99. The minimum Gasteiger partial charge on any atom is -0.397 e. The topological polar surface area (TPSA) is 53.0 Å². The van der Waals surface area contributed by atoms with E-state index in [4.69, 9.17) is 5.73 Å². The monoisotopic (exact) mass is 621 g/mol. The highest BCUT2D eigenvalue weighted by Crippen LogP contribution is 2.52. The zero-order chi connectivity index (χ0) is 33.2. The van der Waals surface area contributed by atoms with Crippen LogP contribution in [0.2, 0.25) is 0 Å². The predicted molar refractivity (Wildman–Crippen MR) is 199 cm³/mol. The second-order valence-electron chi connectivity index (χ2n) is 14.2. The van der Waals surface area contributed by atoms with Gasteiger partial charge in [0.15, 0.2) is 0 Å². The van der Waals surface area contributed by atoms with Crippen LogP contribution in [0.15, 0.2) is 127 Å². The minimum atomic E-state index is -0.316. The molecule has 1 heterocycles. The molecule has 1 aliphatic heterocycles. The van der Waals surface area contributed by atoms with Gasteiger partial charge >= 0.3 is 0 Å². The number of nitriles is 1. The van der Waals surface area contributed by atoms with Gasteiger partial charge in [0.2, 0.25) is 0 Å². The van der Waals surface area contributed by atoms with Crippen LogP contribution in [0.1, 0.15) is 66.6 Å². The summed E-state index contributed by atoms with van der Waals surface area (Å²) in [5, 5.41) is 9.99. The van der Waals surface area contributed by atoms with E-state index in [-0.39, 0.29) is 10.8 Å². The van der Waals surface area contributed by atoms with Crippen LogP contribution in [0.3, 0.4) is 0 Å². The van der Waals surface area contributed by atoms with Crippen LogP contribution in [0.5, 0.6) is 0 Å². The first-order valence-corrected chi connectivity index (χ1v) is 16.8. The molecule has 0 amide bonds. The van der Waals surface area contributed by atoms with Gasteiger partial charge in [-0.15, -0.1) is 0 Å². The molecule has 234 valence electrons. The highest BCUT2D eigenvalue weighted by molar-refractivity contribution is 5.88. The van der Waals surface area contributed by atoms with Crippen molar-refractivity contribution in [3.8, 4) is 28.3 Å². The molecule has 2 aliphatic rings. The molecule has 0 aromatic heterocycles.